The summed E-state index contributed by atoms with van der Waals surface area (Å²) < 4.78 is 27.3. The highest BCUT2D eigenvalue weighted by Crippen LogP contribution is 2.20. The van der Waals surface area contributed by atoms with Crippen LogP contribution in [-0.4, -0.2) is 8.42 Å². The van der Waals surface area contributed by atoms with Crippen LogP contribution in [0.25, 0.3) is 0 Å². The maximum atomic E-state index is 12.4. The van der Waals surface area contributed by atoms with Crippen LogP contribution in [0.1, 0.15) is 16.7 Å². The number of nitrogens with two attached hydrogens (primary N) is 1. The van der Waals surface area contributed by atoms with Crippen LogP contribution in [0.5, 0.6) is 0 Å². The largest absolute Gasteiger partial charge is 0.326 e. The third-order valence-corrected chi connectivity index (χ3v) is 5.01. The molecular weight excluding hydrogens is 308 g/mol. The number of rotatable bonds is 5. The molecule has 0 aliphatic heterocycles. The van der Waals surface area contributed by atoms with Crippen LogP contribution in [0.15, 0.2) is 47.4 Å². The van der Waals surface area contributed by atoms with E-state index in [1.54, 1.807) is 19.1 Å². The molecule has 0 atom stereocenters. The van der Waals surface area contributed by atoms with Gasteiger partial charge in [-0.2, -0.15) is 0 Å². The highest BCUT2D eigenvalue weighted by atomic mass is 35.5. The Hall–Kier alpha value is -1.40. The van der Waals surface area contributed by atoms with Gasteiger partial charge in [-0.15, -0.1) is 0 Å². The van der Waals surface area contributed by atoms with Crippen molar-refractivity contribution in [3.8, 4) is 0 Å². The molecule has 0 saturated heterocycles. The first kappa shape index (κ1) is 16.0. The molecule has 2 rings (SSSR count). The number of hydrogen-bond acceptors (Lipinski definition) is 3. The lowest BCUT2D eigenvalue weighted by Crippen LogP contribution is -2.24. The summed E-state index contributed by atoms with van der Waals surface area (Å²) in [6.07, 6.45) is 0. The molecule has 0 bridgehead atoms. The average molecular weight is 325 g/mol. The molecule has 0 heterocycles. The molecular formula is C15H17ClN2O2S. The minimum Gasteiger partial charge on any atom is -0.326 e. The maximum absolute atomic E-state index is 12.4. The van der Waals surface area contributed by atoms with E-state index < -0.39 is 10.0 Å². The fourth-order valence-electron chi connectivity index (χ4n) is 2.09. The highest BCUT2D eigenvalue weighted by Gasteiger charge is 2.17. The van der Waals surface area contributed by atoms with Crippen LogP contribution in [-0.2, 0) is 23.1 Å². The Bertz CT molecular complexity index is 745. The molecule has 0 aromatic heterocycles. The van der Waals surface area contributed by atoms with Gasteiger partial charge < -0.3 is 5.73 Å². The van der Waals surface area contributed by atoms with Gasteiger partial charge in [0, 0.05) is 18.1 Å². The third-order valence-electron chi connectivity index (χ3n) is 3.22. The van der Waals surface area contributed by atoms with Crippen molar-refractivity contribution in [1.82, 2.24) is 4.72 Å². The van der Waals surface area contributed by atoms with Gasteiger partial charge in [-0.1, -0.05) is 35.9 Å². The van der Waals surface area contributed by atoms with Gasteiger partial charge in [-0.3, -0.25) is 0 Å². The first-order valence-electron chi connectivity index (χ1n) is 6.46. The molecule has 0 unspecified atom stereocenters. The topological polar surface area (TPSA) is 72.2 Å². The summed E-state index contributed by atoms with van der Waals surface area (Å²) >= 11 is 5.85. The van der Waals surface area contributed by atoms with E-state index in [-0.39, 0.29) is 11.4 Å². The predicted octanol–water partition coefficient (Wildman–Crippen LogP) is 2.59. The van der Waals surface area contributed by atoms with Crippen molar-refractivity contribution in [1.29, 1.82) is 0 Å². The molecule has 0 spiro atoms. The quantitative estimate of drug-likeness (QED) is 0.888. The van der Waals surface area contributed by atoms with Gasteiger partial charge in [-0.25, -0.2) is 13.1 Å². The Labute approximate surface area is 130 Å². The molecule has 0 saturated carbocycles. The number of hydrogen-bond donors (Lipinski definition) is 2. The lowest BCUT2D eigenvalue weighted by molar-refractivity contribution is 0.580. The Morgan fingerprint density at radius 2 is 1.81 bits per heavy atom. The Morgan fingerprint density at radius 3 is 2.43 bits per heavy atom. The van der Waals surface area contributed by atoms with Gasteiger partial charge in [0.25, 0.3) is 0 Å². The van der Waals surface area contributed by atoms with Crippen LogP contribution in [0.3, 0.4) is 0 Å². The lowest BCUT2D eigenvalue weighted by atomic mass is 10.1. The van der Waals surface area contributed by atoms with Crippen LogP contribution in [0, 0.1) is 6.92 Å². The normalized spacial score (nSPS) is 11.6. The first-order valence-corrected chi connectivity index (χ1v) is 8.33. The summed E-state index contributed by atoms with van der Waals surface area (Å²) in [4.78, 5) is 0.233. The lowest BCUT2D eigenvalue weighted by Gasteiger charge is -2.11. The maximum Gasteiger partial charge on any atom is 0.241 e. The van der Waals surface area contributed by atoms with Crippen molar-refractivity contribution >= 4 is 21.6 Å². The van der Waals surface area contributed by atoms with E-state index in [2.05, 4.69) is 4.72 Å². The summed E-state index contributed by atoms with van der Waals surface area (Å²) in [5, 5.41) is 0.514. The SMILES string of the molecule is Cc1cc(Cl)ccc1S(=O)(=O)NCc1ccccc1CN. The van der Waals surface area contributed by atoms with Gasteiger partial charge in [0.2, 0.25) is 10.0 Å². The number of sulfonamides is 1. The molecule has 0 radical (unpaired) electrons. The van der Waals surface area contributed by atoms with Crippen molar-refractivity contribution in [2.24, 2.45) is 5.73 Å². The molecule has 0 aliphatic carbocycles. The molecule has 2 aromatic rings. The zero-order chi connectivity index (χ0) is 15.5. The van der Waals surface area contributed by atoms with E-state index in [0.717, 1.165) is 11.1 Å². The van der Waals surface area contributed by atoms with Crippen molar-refractivity contribution in [2.75, 3.05) is 0 Å². The zero-order valence-electron chi connectivity index (χ0n) is 11.6. The molecule has 0 fully saturated rings. The zero-order valence-corrected chi connectivity index (χ0v) is 13.2. The molecule has 6 heteroatoms. The molecule has 0 aliphatic rings. The summed E-state index contributed by atoms with van der Waals surface area (Å²) in [5.74, 6) is 0. The summed E-state index contributed by atoms with van der Waals surface area (Å²) in [6.45, 7) is 2.30. The number of nitrogens with one attached hydrogen (secondary N) is 1. The number of benzene rings is 2. The standard InChI is InChI=1S/C15H17ClN2O2S/c1-11-8-14(16)6-7-15(11)21(19,20)18-10-13-5-3-2-4-12(13)9-17/h2-8,18H,9-10,17H2,1H3. The monoisotopic (exact) mass is 324 g/mol. The van der Waals surface area contributed by atoms with E-state index in [1.807, 2.05) is 24.3 Å². The second kappa shape index (κ2) is 6.58. The minimum atomic E-state index is -3.58. The third kappa shape index (κ3) is 3.83. The summed E-state index contributed by atoms with van der Waals surface area (Å²) in [6, 6.07) is 12.2. The van der Waals surface area contributed by atoms with E-state index in [0.29, 0.717) is 17.1 Å². The first-order chi connectivity index (χ1) is 9.94. The van der Waals surface area contributed by atoms with Gasteiger partial charge >= 0.3 is 0 Å². The Morgan fingerprint density at radius 1 is 1.14 bits per heavy atom. The van der Waals surface area contributed by atoms with Crippen molar-refractivity contribution in [3.05, 3.63) is 64.2 Å². The van der Waals surface area contributed by atoms with Gasteiger partial charge in [0.15, 0.2) is 0 Å². The number of halogens is 1. The summed E-state index contributed by atoms with van der Waals surface area (Å²) in [7, 11) is -3.58. The van der Waals surface area contributed by atoms with Gasteiger partial charge in [0.05, 0.1) is 4.90 Å². The Balaban J connectivity index is 2.22. The molecule has 4 nitrogen and oxygen atoms in total. The van der Waals surface area contributed by atoms with Gasteiger partial charge in [-0.05, 0) is 41.8 Å². The average Bonchev–Trinajstić information content (AvgIpc) is 2.45. The van der Waals surface area contributed by atoms with Crippen LogP contribution in [0.4, 0.5) is 0 Å². The van der Waals surface area contributed by atoms with Crippen molar-refractivity contribution in [2.45, 2.75) is 24.9 Å². The van der Waals surface area contributed by atoms with Crippen molar-refractivity contribution in [3.63, 3.8) is 0 Å². The second-order valence-electron chi connectivity index (χ2n) is 4.71. The smallest absolute Gasteiger partial charge is 0.241 e. The fraction of sp³-hybridized carbons (Fsp3) is 0.200. The van der Waals surface area contributed by atoms with Crippen LogP contribution in [0.2, 0.25) is 5.02 Å². The highest BCUT2D eigenvalue weighted by molar-refractivity contribution is 7.89. The van der Waals surface area contributed by atoms with Crippen LogP contribution < -0.4 is 10.5 Å². The molecule has 112 valence electrons. The van der Waals surface area contributed by atoms with E-state index in [4.69, 9.17) is 17.3 Å². The molecule has 2 aromatic carbocycles. The summed E-state index contributed by atoms with van der Waals surface area (Å²) in [5.41, 5.74) is 8.06. The van der Waals surface area contributed by atoms with E-state index in [1.165, 1.54) is 6.07 Å². The molecule has 21 heavy (non-hydrogen) atoms. The fourth-order valence-corrected chi connectivity index (χ4v) is 3.55. The van der Waals surface area contributed by atoms with Gasteiger partial charge in [0.1, 0.15) is 0 Å². The van der Waals surface area contributed by atoms with E-state index in [9.17, 15) is 8.42 Å². The number of aryl methyl sites for hydroxylation is 1. The molecule has 3 N–H and O–H groups in total. The minimum absolute atomic E-state index is 0.206. The second-order valence-corrected chi connectivity index (χ2v) is 6.88. The van der Waals surface area contributed by atoms with E-state index >= 15 is 0 Å². The Kier molecular flexibility index (Phi) is 5.00. The predicted molar refractivity (Wildman–Crippen MR) is 84.5 cm³/mol. The molecule has 0 amide bonds. The van der Waals surface area contributed by atoms with Crippen LogP contribution >= 0.6 is 11.6 Å². The van der Waals surface area contributed by atoms with Crippen molar-refractivity contribution < 1.29 is 8.42 Å².